The van der Waals surface area contributed by atoms with Crippen LogP contribution >= 0.6 is 0 Å². The van der Waals surface area contributed by atoms with Crippen LogP contribution in [0.3, 0.4) is 0 Å². The molecule has 182 valence electrons. The monoisotopic (exact) mass is 490 g/mol. The fourth-order valence-electron chi connectivity index (χ4n) is 3.87. The molecule has 0 bridgehead atoms. The number of likely N-dealkylation sites (N-methyl/N-ethyl adjacent to an activating group) is 1. The van der Waals surface area contributed by atoms with E-state index in [0.29, 0.717) is 0 Å². The predicted molar refractivity (Wildman–Crippen MR) is 122 cm³/mol. The van der Waals surface area contributed by atoms with E-state index in [4.69, 9.17) is 5.73 Å². The first-order valence-corrected chi connectivity index (χ1v) is 12.2. The zero-order valence-electron chi connectivity index (χ0n) is 18.8. The lowest BCUT2D eigenvalue weighted by Gasteiger charge is -2.34. The first-order chi connectivity index (χ1) is 16.1. The maximum absolute atomic E-state index is 13.6. The number of rotatable bonds is 8. The van der Waals surface area contributed by atoms with Crippen molar-refractivity contribution in [3.63, 3.8) is 0 Å². The van der Waals surface area contributed by atoms with E-state index in [1.165, 1.54) is 46.6 Å². The van der Waals surface area contributed by atoms with Crippen molar-refractivity contribution in [1.29, 1.82) is 0 Å². The van der Waals surface area contributed by atoms with Gasteiger partial charge in [0.2, 0.25) is 27.7 Å². The molecule has 2 aromatic rings. The van der Waals surface area contributed by atoms with Gasteiger partial charge < -0.3 is 15.5 Å². The lowest BCUT2D eigenvalue weighted by Crippen LogP contribution is -2.50. The van der Waals surface area contributed by atoms with Gasteiger partial charge in [-0.05, 0) is 29.8 Å². The maximum Gasteiger partial charge on any atom is 0.244 e. The van der Waals surface area contributed by atoms with Gasteiger partial charge in [-0.15, -0.1) is 0 Å². The Kier molecular flexibility index (Phi) is 8.00. The highest BCUT2D eigenvalue weighted by molar-refractivity contribution is 7.89. The van der Waals surface area contributed by atoms with E-state index in [1.807, 2.05) is 0 Å². The van der Waals surface area contributed by atoms with Gasteiger partial charge in [-0.2, -0.15) is 4.31 Å². The third-order valence-corrected chi connectivity index (χ3v) is 7.65. The zero-order chi connectivity index (χ0) is 24.9. The van der Waals surface area contributed by atoms with Crippen LogP contribution < -0.4 is 5.73 Å². The van der Waals surface area contributed by atoms with E-state index >= 15 is 0 Å². The Labute approximate surface area is 198 Å². The van der Waals surface area contributed by atoms with Crippen molar-refractivity contribution >= 4 is 27.7 Å². The van der Waals surface area contributed by atoms with Gasteiger partial charge in [0.15, 0.2) is 0 Å². The SMILES string of the molecule is CN(C(=O)CCC(=O)N1CCN(S(=O)(=O)c2ccccc2)CC1)C(C(N)=O)c1cccc(F)c1. The van der Waals surface area contributed by atoms with Crippen molar-refractivity contribution in [2.75, 3.05) is 33.2 Å². The predicted octanol–water partition coefficient (Wildman–Crippen LogP) is 1.12. The topological polar surface area (TPSA) is 121 Å². The van der Waals surface area contributed by atoms with Gasteiger partial charge in [-0.3, -0.25) is 14.4 Å². The van der Waals surface area contributed by atoms with Crippen LogP contribution in [0.1, 0.15) is 24.4 Å². The second kappa shape index (κ2) is 10.7. The summed E-state index contributed by atoms with van der Waals surface area (Å²) in [6, 6.07) is 12.2. The van der Waals surface area contributed by atoms with E-state index in [2.05, 4.69) is 0 Å². The van der Waals surface area contributed by atoms with E-state index in [1.54, 1.807) is 18.2 Å². The van der Waals surface area contributed by atoms with Gasteiger partial charge in [0.1, 0.15) is 11.9 Å². The van der Waals surface area contributed by atoms with Crippen LogP contribution in [0.25, 0.3) is 0 Å². The molecular formula is C23H27FN4O5S. The second-order valence-corrected chi connectivity index (χ2v) is 9.90. The molecule has 1 aliphatic heterocycles. The van der Waals surface area contributed by atoms with E-state index in [-0.39, 0.29) is 55.4 Å². The third kappa shape index (κ3) is 5.78. The maximum atomic E-state index is 13.6. The summed E-state index contributed by atoms with van der Waals surface area (Å²) in [5.41, 5.74) is 5.68. The number of nitrogens with zero attached hydrogens (tertiary/aromatic N) is 3. The van der Waals surface area contributed by atoms with Crippen molar-refractivity contribution in [2.24, 2.45) is 5.73 Å². The van der Waals surface area contributed by atoms with Gasteiger partial charge in [-0.25, -0.2) is 12.8 Å². The van der Waals surface area contributed by atoms with Crippen molar-refractivity contribution < 1.29 is 27.2 Å². The number of primary amides is 1. The largest absolute Gasteiger partial charge is 0.368 e. The molecule has 0 aromatic heterocycles. The zero-order valence-corrected chi connectivity index (χ0v) is 19.6. The molecule has 1 unspecified atom stereocenters. The lowest BCUT2D eigenvalue weighted by molar-refractivity contribution is -0.140. The third-order valence-electron chi connectivity index (χ3n) is 5.74. The number of carbonyl (C=O) groups is 3. The van der Waals surface area contributed by atoms with Crippen molar-refractivity contribution in [2.45, 2.75) is 23.8 Å². The number of sulfonamides is 1. The second-order valence-electron chi connectivity index (χ2n) is 7.96. The van der Waals surface area contributed by atoms with Gasteiger partial charge in [0, 0.05) is 46.1 Å². The van der Waals surface area contributed by atoms with Gasteiger partial charge >= 0.3 is 0 Å². The standard InChI is InChI=1S/C23H27FN4O5S/c1-26(22(23(25)31)17-6-5-7-18(24)16-17)20(29)10-11-21(30)27-12-14-28(15-13-27)34(32,33)19-8-3-2-4-9-19/h2-9,16,22H,10-15H2,1H3,(H2,25,31). The lowest BCUT2D eigenvalue weighted by atomic mass is 10.0. The molecule has 1 fully saturated rings. The molecule has 2 N–H and O–H groups in total. The van der Waals surface area contributed by atoms with E-state index in [0.717, 1.165) is 11.0 Å². The summed E-state index contributed by atoms with van der Waals surface area (Å²) in [5, 5.41) is 0. The quantitative estimate of drug-likeness (QED) is 0.595. The number of hydrogen-bond acceptors (Lipinski definition) is 5. The molecule has 0 saturated carbocycles. The molecule has 2 aromatic carbocycles. The highest BCUT2D eigenvalue weighted by atomic mass is 32.2. The Hall–Kier alpha value is -3.31. The van der Waals surface area contributed by atoms with Crippen LogP contribution in [0, 0.1) is 5.82 Å². The molecule has 9 nitrogen and oxygen atoms in total. The molecule has 34 heavy (non-hydrogen) atoms. The number of nitrogens with two attached hydrogens (primary N) is 1. The summed E-state index contributed by atoms with van der Waals surface area (Å²) in [5.74, 6) is -2.16. The first-order valence-electron chi connectivity index (χ1n) is 10.7. The summed E-state index contributed by atoms with van der Waals surface area (Å²) < 4.78 is 40.3. The highest BCUT2D eigenvalue weighted by Gasteiger charge is 2.31. The molecule has 1 atom stereocenters. The van der Waals surface area contributed by atoms with Crippen molar-refractivity contribution in [1.82, 2.24) is 14.1 Å². The minimum absolute atomic E-state index is 0.108. The van der Waals surface area contributed by atoms with Crippen LogP contribution in [0.2, 0.25) is 0 Å². The molecule has 1 saturated heterocycles. The molecule has 1 heterocycles. The Morgan fingerprint density at radius 2 is 1.65 bits per heavy atom. The molecule has 0 radical (unpaired) electrons. The average Bonchev–Trinajstić information content (AvgIpc) is 2.82. The number of amides is 3. The summed E-state index contributed by atoms with van der Waals surface area (Å²) >= 11 is 0. The minimum Gasteiger partial charge on any atom is -0.368 e. The van der Waals surface area contributed by atoms with E-state index < -0.39 is 33.7 Å². The van der Waals surface area contributed by atoms with Crippen LogP contribution in [0.5, 0.6) is 0 Å². The van der Waals surface area contributed by atoms with Crippen LogP contribution in [-0.2, 0) is 24.4 Å². The first kappa shape index (κ1) is 25.3. The van der Waals surface area contributed by atoms with Gasteiger partial charge in [0.25, 0.3) is 0 Å². The highest BCUT2D eigenvalue weighted by Crippen LogP contribution is 2.22. The minimum atomic E-state index is -3.63. The van der Waals surface area contributed by atoms with Crippen LogP contribution in [0.15, 0.2) is 59.5 Å². The molecular weight excluding hydrogens is 463 g/mol. The van der Waals surface area contributed by atoms with Crippen molar-refractivity contribution in [3.8, 4) is 0 Å². The van der Waals surface area contributed by atoms with Crippen LogP contribution in [0.4, 0.5) is 4.39 Å². The van der Waals surface area contributed by atoms with Gasteiger partial charge in [0.05, 0.1) is 4.90 Å². The Morgan fingerprint density at radius 1 is 1.00 bits per heavy atom. The normalized spacial score (nSPS) is 15.5. The van der Waals surface area contributed by atoms with Crippen molar-refractivity contribution in [3.05, 3.63) is 66.0 Å². The Bertz CT molecular complexity index is 1150. The smallest absolute Gasteiger partial charge is 0.244 e. The summed E-state index contributed by atoms with van der Waals surface area (Å²) in [7, 11) is -2.26. The molecule has 0 spiro atoms. The number of piperazine rings is 1. The Balaban J connectivity index is 1.54. The summed E-state index contributed by atoms with van der Waals surface area (Å²) in [4.78, 5) is 40.0. The molecule has 1 aliphatic rings. The fraction of sp³-hybridized carbons (Fsp3) is 0.348. The number of hydrogen-bond donors (Lipinski definition) is 1. The molecule has 3 amide bonds. The summed E-state index contributed by atoms with van der Waals surface area (Å²) in [6.07, 6.45) is -0.278. The van der Waals surface area contributed by atoms with Gasteiger partial charge in [-0.1, -0.05) is 30.3 Å². The van der Waals surface area contributed by atoms with E-state index in [9.17, 15) is 27.2 Å². The fourth-order valence-corrected chi connectivity index (χ4v) is 5.31. The average molecular weight is 491 g/mol. The number of halogens is 1. The Morgan fingerprint density at radius 3 is 2.24 bits per heavy atom. The molecule has 0 aliphatic carbocycles. The molecule has 3 rings (SSSR count). The number of benzene rings is 2. The van der Waals surface area contributed by atoms with Crippen LogP contribution in [-0.4, -0.2) is 73.5 Å². The summed E-state index contributed by atoms with van der Waals surface area (Å²) in [6.45, 7) is 0.727. The number of carbonyl (C=O) groups excluding carboxylic acids is 3. The molecule has 11 heteroatoms.